The minimum atomic E-state index is -0.389. The molecular formula is C22H20N2O3. The van der Waals surface area contributed by atoms with E-state index in [2.05, 4.69) is 17.1 Å². The smallest absolute Gasteiger partial charge is 0.277 e. The van der Waals surface area contributed by atoms with Crippen molar-refractivity contribution in [1.82, 2.24) is 5.43 Å². The average molecular weight is 360 g/mol. The van der Waals surface area contributed by atoms with E-state index in [1.807, 2.05) is 54.6 Å². The first-order valence-electron chi connectivity index (χ1n) is 8.53. The Hall–Kier alpha value is -3.60. The Bertz CT molecular complexity index is 996. The molecule has 27 heavy (non-hydrogen) atoms. The van der Waals surface area contributed by atoms with Crippen LogP contribution in [0.15, 0.2) is 78.4 Å². The lowest BCUT2D eigenvalue weighted by Crippen LogP contribution is -2.24. The number of nitrogens with zero attached hydrogens (tertiary/aromatic N) is 1. The summed E-state index contributed by atoms with van der Waals surface area (Å²) in [6.07, 6.45) is 3.88. The lowest BCUT2D eigenvalue weighted by molar-refractivity contribution is -0.123. The highest BCUT2D eigenvalue weighted by Crippen LogP contribution is 2.25. The van der Waals surface area contributed by atoms with Crippen LogP contribution >= 0.6 is 0 Å². The number of ether oxygens (including phenoxy) is 1. The van der Waals surface area contributed by atoms with E-state index in [1.54, 1.807) is 12.1 Å². The molecule has 3 aromatic rings. The van der Waals surface area contributed by atoms with Crippen molar-refractivity contribution in [1.29, 1.82) is 0 Å². The van der Waals surface area contributed by atoms with Gasteiger partial charge in [-0.15, -0.1) is 6.58 Å². The molecular weight excluding hydrogens is 340 g/mol. The molecule has 0 radical (unpaired) electrons. The number of rotatable bonds is 7. The maximum absolute atomic E-state index is 12.0. The van der Waals surface area contributed by atoms with Gasteiger partial charge in [0.15, 0.2) is 6.61 Å². The Balaban J connectivity index is 1.63. The lowest BCUT2D eigenvalue weighted by Gasteiger charge is -2.09. The highest BCUT2D eigenvalue weighted by molar-refractivity contribution is 6.02. The van der Waals surface area contributed by atoms with Crippen LogP contribution in [0.25, 0.3) is 10.8 Å². The summed E-state index contributed by atoms with van der Waals surface area (Å²) in [7, 11) is 0. The Kier molecular flexibility index (Phi) is 5.84. The van der Waals surface area contributed by atoms with Crippen molar-refractivity contribution in [2.45, 2.75) is 6.42 Å². The van der Waals surface area contributed by atoms with Gasteiger partial charge in [-0.2, -0.15) is 5.10 Å². The van der Waals surface area contributed by atoms with E-state index in [9.17, 15) is 9.90 Å². The monoisotopic (exact) mass is 360 g/mol. The van der Waals surface area contributed by atoms with Crippen LogP contribution < -0.4 is 10.2 Å². The zero-order chi connectivity index (χ0) is 19.1. The number of phenolic OH excluding ortho intramolecular Hbond substituents is 1. The molecule has 5 nitrogen and oxygen atoms in total. The van der Waals surface area contributed by atoms with Gasteiger partial charge in [0, 0.05) is 5.56 Å². The number of carbonyl (C=O) groups is 1. The van der Waals surface area contributed by atoms with Gasteiger partial charge in [-0.05, 0) is 34.9 Å². The van der Waals surface area contributed by atoms with E-state index >= 15 is 0 Å². The van der Waals surface area contributed by atoms with Crippen molar-refractivity contribution >= 4 is 22.9 Å². The SMILES string of the molecule is C=CCc1ccccc1OCC(=O)N/N=C\c1c(O)ccc2ccccc12. The van der Waals surface area contributed by atoms with Gasteiger partial charge in [0.25, 0.3) is 5.91 Å². The summed E-state index contributed by atoms with van der Waals surface area (Å²) in [6, 6.07) is 18.6. The normalized spacial score (nSPS) is 10.8. The summed E-state index contributed by atoms with van der Waals surface area (Å²) in [5.41, 5.74) is 3.93. The van der Waals surface area contributed by atoms with Crippen molar-refractivity contribution in [3.63, 3.8) is 0 Å². The maximum Gasteiger partial charge on any atom is 0.277 e. The molecule has 0 fully saturated rings. The predicted octanol–water partition coefficient (Wildman–Crippen LogP) is 3.80. The van der Waals surface area contributed by atoms with Gasteiger partial charge in [-0.1, -0.05) is 54.6 Å². The largest absolute Gasteiger partial charge is 0.507 e. The lowest BCUT2D eigenvalue weighted by atomic mass is 10.0. The highest BCUT2D eigenvalue weighted by Gasteiger charge is 2.07. The van der Waals surface area contributed by atoms with E-state index in [-0.39, 0.29) is 18.3 Å². The Morgan fingerprint density at radius 1 is 1.11 bits per heavy atom. The molecule has 0 aromatic heterocycles. The molecule has 3 aromatic carbocycles. The number of aromatic hydroxyl groups is 1. The van der Waals surface area contributed by atoms with Gasteiger partial charge in [0.1, 0.15) is 11.5 Å². The number of nitrogens with one attached hydrogen (secondary N) is 1. The van der Waals surface area contributed by atoms with Crippen LogP contribution in [0.2, 0.25) is 0 Å². The molecule has 0 heterocycles. The summed E-state index contributed by atoms with van der Waals surface area (Å²) in [5.74, 6) is 0.351. The first-order chi connectivity index (χ1) is 13.2. The number of carbonyl (C=O) groups excluding carboxylic acids is 1. The van der Waals surface area contributed by atoms with Crippen LogP contribution in [0.3, 0.4) is 0 Å². The average Bonchev–Trinajstić information content (AvgIpc) is 2.69. The Morgan fingerprint density at radius 2 is 1.89 bits per heavy atom. The number of para-hydroxylation sites is 1. The van der Waals surface area contributed by atoms with Crippen molar-refractivity contribution < 1.29 is 14.6 Å². The molecule has 2 N–H and O–H groups in total. The molecule has 0 bridgehead atoms. The fourth-order valence-electron chi connectivity index (χ4n) is 2.73. The zero-order valence-corrected chi connectivity index (χ0v) is 14.8. The number of hydrogen-bond donors (Lipinski definition) is 2. The summed E-state index contributed by atoms with van der Waals surface area (Å²) in [6.45, 7) is 3.56. The first kappa shape index (κ1) is 18.2. The van der Waals surface area contributed by atoms with Gasteiger partial charge < -0.3 is 9.84 Å². The standard InChI is InChI=1S/C22H20N2O3/c1-2-7-17-9-4-6-11-21(17)27-15-22(26)24-23-14-19-18-10-5-3-8-16(18)12-13-20(19)25/h2-6,8-14,25H,1,7,15H2,(H,24,26)/b23-14-. The van der Waals surface area contributed by atoms with Crippen LogP contribution in [0.5, 0.6) is 11.5 Å². The van der Waals surface area contributed by atoms with E-state index in [0.717, 1.165) is 16.3 Å². The van der Waals surface area contributed by atoms with E-state index < -0.39 is 0 Å². The third-order valence-corrected chi connectivity index (χ3v) is 4.03. The number of hydrazone groups is 1. The van der Waals surface area contributed by atoms with Gasteiger partial charge in [-0.25, -0.2) is 5.43 Å². The number of phenols is 1. The van der Waals surface area contributed by atoms with Crippen LogP contribution in [0.4, 0.5) is 0 Å². The minimum absolute atomic E-state index is 0.0984. The number of allylic oxidation sites excluding steroid dienone is 1. The predicted molar refractivity (Wildman–Crippen MR) is 107 cm³/mol. The van der Waals surface area contributed by atoms with Crippen LogP contribution in [0, 0.1) is 0 Å². The molecule has 0 saturated heterocycles. The molecule has 0 unspecified atom stereocenters. The number of hydrogen-bond acceptors (Lipinski definition) is 4. The molecule has 5 heteroatoms. The third-order valence-electron chi connectivity index (χ3n) is 4.03. The first-order valence-corrected chi connectivity index (χ1v) is 8.53. The maximum atomic E-state index is 12.0. The minimum Gasteiger partial charge on any atom is -0.507 e. The van der Waals surface area contributed by atoms with Crippen molar-refractivity contribution in [2.75, 3.05) is 6.61 Å². The van der Waals surface area contributed by atoms with Crippen LogP contribution in [0.1, 0.15) is 11.1 Å². The molecule has 0 aliphatic heterocycles. The molecule has 3 rings (SSSR count). The van der Waals surface area contributed by atoms with Gasteiger partial charge in [-0.3, -0.25) is 4.79 Å². The molecule has 0 aliphatic rings. The quantitative estimate of drug-likeness (QED) is 0.382. The van der Waals surface area contributed by atoms with Gasteiger partial charge >= 0.3 is 0 Å². The van der Waals surface area contributed by atoms with Crippen molar-refractivity contribution in [3.8, 4) is 11.5 Å². The summed E-state index contributed by atoms with van der Waals surface area (Å²) >= 11 is 0. The van der Waals surface area contributed by atoms with Crippen molar-refractivity contribution in [3.05, 3.63) is 84.4 Å². The van der Waals surface area contributed by atoms with E-state index in [0.29, 0.717) is 17.7 Å². The van der Waals surface area contributed by atoms with Crippen LogP contribution in [-0.4, -0.2) is 23.8 Å². The summed E-state index contributed by atoms with van der Waals surface area (Å²) in [4.78, 5) is 12.0. The van der Waals surface area contributed by atoms with Crippen LogP contribution in [-0.2, 0) is 11.2 Å². The summed E-state index contributed by atoms with van der Waals surface area (Å²) in [5, 5.41) is 15.8. The third kappa shape index (κ3) is 4.52. The topological polar surface area (TPSA) is 70.9 Å². The molecule has 0 aliphatic carbocycles. The van der Waals surface area contributed by atoms with E-state index in [1.165, 1.54) is 6.21 Å². The fourth-order valence-corrected chi connectivity index (χ4v) is 2.73. The molecule has 0 atom stereocenters. The fraction of sp³-hybridized carbons (Fsp3) is 0.0909. The number of amides is 1. The number of fused-ring (bicyclic) bond motifs is 1. The second-order valence-corrected chi connectivity index (χ2v) is 5.90. The Labute approximate surface area is 157 Å². The summed E-state index contributed by atoms with van der Waals surface area (Å²) < 4.78 is 5.57. The van der Waals surface area contributed by atoms with Crippen molar-refractivity contribution in [2.24, 2.45) is 5.10 Å². The Morgan fingerprint density at radius 3 is 2.74 bits per heavy atom. The molecule has 0 saturated carbocycles. The second kappa shape index (κ2) is 8.67. The van der Waals surface area contributed by atoms with E-state index in [4.69, 9.17) is 4.74 Å². The highest BCUT2D eigenvalue weighted by atomic mass is 16.5. The molecule has 136 valence electrons. The van der Waals surface area contributed by atoms with Gasteiger partial charge in [0.05, 0.1) is 6.21 Å². The number of benzene rings is 3. The second-order valence-electron chi connectivity index (χ2n) is 5.90. The molecule has 1 amide bonds. The van der Waals surface area contributed by atoms with Gasteiger partial charge in [0.2, 0.25) is 0 Å². The molecule has 0 spiro atoms. The zero-order valence-electron chi connectivity index (χ0n) is 14.8.